The number of halogens is 3. The van der Waals surface area contributed by atoms with Gasteiger partial charge in [-0.2, -0.15) is 0 Å². The van der Waals surface area contributed by atoms with E-state index in [9.17, 15) is 9.59 Å². The van der Waals surface area contributed by atoms with Crippen molar-refractivity contribution in [1.29, 1.82) is 0 Å². The molecule has 0 bridgehead atoms. The lowest BCUT2D eigenvalue weighted by atomic mass is 10.1. The van der Waals surface area contributed by atoms with Gasteiger partial charge < -0.3 is 10.2 Å². The van der Waals surface area contributed by atoms with Gasteiger partial charge in [-0.15, -0.1) is 0 Å². The zero-order chi connectivity index (χ0) is 21.6. The van der Waals surface area contributed by atoms with E-state index in [0.29, 0.717) is 26.2 Å². The Hall–Kier alpha value is -1.75. The van der Waals surface area contributed by atoms with Crippen LogP contribution in [0.1, 0.15) is 38.3 Å². The third-order valence-electron chi connectivity index (χ3n) is 4.82. The third-order valence-corrected chi connectivity index (χ3v) is 5.78. The van der Waals surface area contributed by atoms with Gasteiger partial charge in [-0.3, -0.25) is 9.59 Å². The van der Waals surface area contributed by atoms with E-state index in [1.165, 1.54) is 4.90 Å². The second-order valence-electron chi connectivity index (χ2n) is 7.02. The Morgan fingerprint density at radius 1 is 1.00 bits per heavy atom. The van der Waals surface area contributed by atoms with Gasteiger partial charge in [0.2, 0.25) is 11.8 Å². The van der Waals surface area contributed by atoms with E-state index in [1.54, 1.807) is 37.3 Å². The van der Waals surface area contributed by atoms with Crippen molar-refractivity contribution < 1.29 is 9.59 Å². The van der Waals surface area contributed by atoms with Crippen LogP contribution in [0.15, 0.2) is 42.5 Å². The van der Waals surface area contributed by atoms with Gasteiger partial charge in [-0.05, 0) is 49.6 Å². The molecule has 2 atom stereocenters. The van der Waals surface area contributed by atoms with Gasteiger partial charge in [0.25, 0.3) is 0 Å². The summed E-state index contributed by atoms with van der Waals surface area (Å²) in [5.41, 5.74) is 1.42. The smallest absolute Gasteiger partial charge is 0.242 e. The topological polar surface area (TPSA) is 49.4 Å². The largest absolute Gasteiger partial charge is 0.352 e. The first-order chi connectivity index (χ1) is 13.7. The van der Waals surface area contributed by atoms with Crippen LogP contribution in [0, 0.1) is 0 Å². The van der Waals surface area contributed by atoms with Crippen molar-refractivity contribution in [2.75, 3.05) is 0 Å². The molecule has 4 nitrogen and oxygen atoms in total. The van der Waals surface area contributed by atoms with E-state index >= 15 is 0 Å². The van der Waals surface area contributed by atoms with Crippen molar-refractivity contribution in [1.82, 2.24) is 10.2 Å². The lowest BCUT2D eigenvalue weighted by Crippen LogP contribution is -2.50. The predicted octanol–water partition coefficient (Wildman–Crippen LogP) is 5.52. The molecule has 7 heteroatoms. The average Bonchev–Trinajstić information content (AvgIpc) is 2.68. The first-order valence-corrected chi connectivity index (χ1v) is 10.6. The van der Waals surface area contributed by atoms with Crippen molar-refractivity contribution in [2.24, 2.45) is 0 Å². The van der Waals surface area contributed by atoms with Crippen molar-refractivity contribution in [3.63, 3.8) is 0 Å². The van der Waals surface area contributed by atoms with Crippen LogP contribution >= 0.6 is 34.8 Å². The summed E-state index contributed by atoms with van der Waals surface area (Å²) in [4.78, 5) is 27.4. The number of hydrogen-bond acceptors (Lipinski definition) is 2. The fourth-order valence-electron chi connectivity index (χ4n) is 2.79. The van der Waals surface area contributed by atoms with Crippen molar-refractivity contribution >= 4 is 46.6 Å². The number of amides is 2. The Morgan fingerprint density at radius 2 is 1.69 bits per heavy atom. The monoisotopic (exact) mass is 454 g/mol. The van der Waals surface area contributed by atoms with Gasteiger partial charge in [0.1, 0.15) is 6.04 Å². The lowest BCUT2D eigenvalue weighted by molar-refractivity contribution is -0.140. The van der Waals surface area contributed by atoms with E-state index in [0.717, 1.165) is 6.42 Å². The summed E-state index contributed by atoms with van der Waals surface area (Å²) in [7, 11) is 0. The minimum Gasteiger partial charge on any atom is -0.352 e. The molecule has 1 N–H and O–H groups in total. The molecular formula is C22H25Cl3N2O2. The zero-order valence-electron chi connectivity index (χ0n) is 16.7. The Balaban J connectivity index is 2.29. The van der Waals surface area contributed by atoms with Crippen LogP contribution in [0.4, 0.5) is 0 Å². The lowest BCUT2D eigenvalue weighted by Gasteiger charge is -2.30. The van der Waals surface area contributed by atoms with E-state index < -0.39 is 6.04 Å². The molecule has 0 aliphatic rings. The molecule has 2 aromatic carbocycles. The first kappa shape index (κ1) is 23.5. The molecule has 2 rings (SSSR count). The molecule has 0 aliphatic carbocycles. The van der Waals surface area contributed by atoms with Crippen LogP contribution in [-0.2, 0) is 22.6 Å². The Bertz CT molecular complexity index is 873. The quantitative estimate of drug-likeness (QED) is 0.569. The second kappa shape index (κ2) is 10.9. The molecule has 2 aromatic rings. The van der Waals surface area contributed by atoms with Crippen molar-refractivity contribution in [3.05, 3.63) is 68.7 Å². The van der Waals surface area contributed by atoms with Gasteiger partial charge in [0, 0.05) is 27.7 Å². The maximum atomic E-state index is 13.2. The van der Waals surface area contributed by atoms with E-state index in [4.69, 9.17) is 34.8 Å². The standard InChI is InChI=1S/C22H25Cl3N2O2/c1-4-14(2)26-22(29)15(3)27(13-17-9-10-18(23)12-20(17)25)21(28)11-16-7-5-6-8-19(16)24/h5-10,12,14-15H,4,11,13H2,1-3H3,(H,26,29)/t14-,15-/m1/s1. The fourth-order valence-corrected chi connectivity index (χ4v) is 3.46. The zero-order valence-corrected chi connectivity index (χ0v) is 19.0. The molecule has 0 fully saturated rings. The minimum atomic E-state index is -0.675. The Morgan fingerprint density at radius 3 is 2.31 bits per heavy atom. The maximum Gasteiger partial charge on any atom is 0.242 e. The number of rotatable bonds is 8. The number of nitrogens with one attached hydrogen (secondary N) is 1. The molecule has 0 aliphatic heterocycles. The predicted molar refractivity (Wildman–Crippen MR) is 120 cm³/mol. The van der Waals surface area contributed by atoms with Crippen LogP contribution in [0.25, 0.3) is 0 Å². The molecule has 156 valence electrons. The minimum absolute atomic E-state index is 0.0181. The molecule has 29 heavy (non-hydrogen) atoms. The summed E-state index contributed by atoms with van der Waals surface area (Å²) < 4.78 is 0. The molecule has 2 amide bonds. The van der Waals surface area contributed by atoms with E-state index in [-0.39, 0.29) is 30.8 Å². The van der Waals surface area contributed by atoms with E-state index in [1.807, 2.05) is 26.0 Å². The van der Waals surface area contributed by atoms with Gasteiger partial charge in [0.15, 0.2) is 0 Å². The highest BCUT2D eigenvalue weighted by atomic mass is 35.5. The molecule has 0 unspecified atom stereocenters. The summed E-state index contributed by atoms with van der Waals surface area (Å²) in [6.07, 6.45) is 0.890. The van der Waals surface area contributed by atoms with Gasteiger partial charge in [0.05, 0.1) is 6.42 Å². The average molecular weight is 456 g/mol. The normalized spacial score (nSPS) is 12.9. The highest BCUT2D eigenvalue weighted by molar-refractivity contribution is 6.35. The van der Waals surface area contributed by atoms with Crippen molar-refractivity contribution in [3.8, 4) is 0 Å². The van der Waals surface area contributed by atoms with Crippen LogP contribution in [0.2, 0.25) is 15.1 Å². The molecule has 0 spiro atoms. The van der Waals surface area contributed by atoms with Gasteiger partial charge >= 0.3 is 0 Å². The number of carbonyl (C=O) groups is 2. The summed E-state index contributed by atoms with van der Waals surface area (Å²) in [5, 5.41) is 4.41. The number of hydrogen-bond donors (Lipinski definition) is 1. The molecule has 0 heterocycles. The summed E-state index contributed by atoms with van der Waals surface area (Å²) in [6, 6.07) is 11.6. The molecule has 0 aromatic heterocycles. The molecule has 0 radical (unpaired) electrons. The van der Waals surface area contributed by atoms with Gasteiger partial charge in [-0.1, -0.05) is 66.0 Å². The van der Waals surface area contributed by atoms with Crippen LogP contribution in [0.3, 0.4) is 0 Å². The maximum absolute atomic E-state index is 13.2. The van der Waals surface area contributed by atoms with Crippen molar-refractivity contribution in [2.45, 2.75) is 52.2 Å². The molecule has 0 saturated heterocycles. The summed E-state index contributed by atoms with van der Waals surface area (Å²) in [6.45, 7) is 5.82. The summed E-state index contributed by atoms with van der Waals surface area (Å²) in [5.74, 6) is -0.423. The van der Waals surface area contributed by atoms with Crippen LogP contribution < -0.4 is 5.32 Å². The fraction of sp³-hybridized carbons (Fsp3) is 0.364. The van der Waals surface area contributed by atoms with Crippen LogP contribution in [0.5, 0.6) is 0 Å². The second-order valence-corrected chi connectivity index (χ2v) is 8.27. The highest BCUT2D eigenvalue weighted by Gasteiger charge is 2.27. The Kier molecular flexibility index (Phi) is 8.81. The third kappa shape index (κ3) is 6.63. The number of carbonyl (C=O) groups excluding carboxylic acids is 2. The summed E-state index contributed by atoms with van der Waals surface area (Å²) >= 11 is 18.5. The molecular weight excluding hydrogens is 431 g/mol. The number of nitrogens with zero attached hydrogens (tertiary/aromatic N) is 1. The Labute approximate surface area is 187 Å². The van der Waals surface area contributed by atoms with Crippen LogP contribution in [-0.4, -0.2) is 28.8 Å². The molecule has 0 saturated carbocycles. The first-order valence-electron chi connectivity index (χ1n) is 9.50. The SMILES string of the molecule is CC[C@@H](C)NC(=O)[C@@H](C)N(Cc1ccc(Cl)cc1Cl)C(=O)Cc1ccccc1Cl. The van der Waals surface area contributed by atoms with E-state index in [2.05, 4.69) is 5.32 Å². The highest BCUT2D eigenvalue weighted by Crippen LogP contribution is 2.24. The number of benzene rings is 2. The van der Waals surface area contributed by atoms with Gasteiger partial charge in [-0.25, -0.2) is 0 Å².